The number of hydrogen-bond donors (Lipinski definition) is 2. The standard InChI is InChI=1S/C7H13NO4/c1-3-8-4-5(2)12-7(11)6(9)10/h5,8H,3-4H2,1-2H3,(H,9,10). The third-order valence-corrected chi connectivity index (χ3v) is 1.16. The van der Waals surface area contributed by atoms with Gasteiger partial charge in [0.05, 0.1) is 0 Å². The Morgan fingerprint density at radius 2 is 2.17 bits per heavy atom. The normalized spacial score (nSPS) is 12.2. The van der Waals surface area contributed by atoms with Gasteiger partial charge in [0.15, 0.2) is 0 Å². The van der Waals surface area contributed by atoms with Gasteiger partial charge in [-0.05, 0) is 13.5 Å². The number of carbonyl (C=O) groups is 2. The van der Waals surface area contributed by atoms with Crippen molar-refractivity contribution in [2.24, 2.45) is 0 Å². The van der Waals surface area contributed by atoms with Crippen molar-refractivity contribution in [1.82, 2.24) is 5.32 Å². The van der Waals surface area contributed by atoms with Gasteiger partial charge in [0.1, 0.15) is 6.10 Å². The van der Waals surface area contributed by atoms with E-state index >= 15 is 0 Å². The molecular formula is C7H13NO4. The average Bonchev–Trinajstić information content (AvgIpc) is 2.00. The van der Waals surface area contributed by atoms with E-state index in [-0.39, 0.29) is 0 Å². The minimum absolute atomic E-state index is 0.409. The molecule has 2 N–H and O–H groups in total. The van der Waals surface area contributed by atoms with Crippen LogP contribution in [0.4, 0.5) is 0 Å². The molecular weight excluding hydrogens is 162 g/mol. The van der Waals surface area contributed by atoms with Crippen LogP contribution in [-0.4, -0.2) is 36.2 Å². The molecule has 70 valence electrons. The number of nitrogens with one attached hydrogen (secondary N) is 1. The van der Waals surface area contributed by atoms with Gasteiger partial charge in [-0.3, -0.25) is 0 Å². The number of ether oxygens (including phenoxy) is 1. The van der Waals surface area contributed by atoms with Gasteiger partial charge >= 0.3 is 11.9 Å². The lowest BCUT2D eigenvalue weighted by Crippen LogP contribution is -2.31. The smallest absolute Gasteiger partial charge is 0.417 e. The second kappa shape index (κ2) is 5.54. The first-order chi connectivity index (χ1) is 5.57. The first-order valence-electron chi connectivity index (χ1n) is 3.72. The number of carboxylic acids is 1. The Labute approximate surface area is 70.7 Å². The second-order valence-electron chi connectivity index (χ2n) is 2.33. The van der Waals surface area contributed by atoms with Crippen LogP contribution in [0.1, 0.15) is 13.8 Å². The zero-order chi connectivity index (χ0) is 9.56. The molecule has 0 radical (unpaired) electrons. The first-order valence-corrected chi connectivity index (χ1v) is 3.72. The molecule has 0 aromatic rings. The molecule has 0 aliphatic carbocycles. The molecule has 1 atom stereocenters. The Bertz CT molecular complexity index is 169. The van der Waals surface area contributed by atoms with Gasteiger partial charge in [-0.2, -0.15) is 0 Å². The Hall–Kier alpha value is -1.10. The lowest BCUT2D eigenvalue weighted by molar-refractivity contribution is -0.166. The van der Waals surface area contributed by atoms with Crippen LogP contribution in [0.15, 0.2) is 0 Å². The Kier molecular flexibility index (Phi) is 5.03. The van der Waals surface area contributed by atoms with Crippen LogP contribution in [0.2, 0.25) is 0 Å². The minimum atomic E-state index is -1.56. The summed E-state index contributed by atoms with van der Waals surface area (Å²) in [5.41, 5.74) is 0. The molecule has 5 nitrogen and oxygen atoms in total. The summed E-state index contributed by atoms with van der Waals surface area (Å²) in [4.78, 5) is 20.5. The molecule has 0 spiro atoms. The van der Waals surface area contributed by atoms with Gasteiger partial charge in [0, 0.05) is 6.54 Å². The van der Waals surface area contributed by atoms with E-state index in [0.29, 0.717) is 6.54 Å². The van der Waals surface area contributed by atoms with E-state index in [0.717, 1.165) is 6.54 Å². The summed E-state index contributed by atoms with van der Waals surface area (Å²) in [7, 11) is 0. The molecule has 0 aliphatic rings. The van der Waals surface area contributed by atoms with Gasteiger partial charge in [-0.1, -0.05) is 6.92 Å². The van der Waals surface area contributed by atoms with E-state index < -0.39 is 18.0 Å². The number of carboxylic acid groups (broad SMARTS) is 1. The topological polar surface area (TPSA) is 75.6 Å². The van der Waals surface area contributed by atoms with Crippen LogP contribution < -0.4 is 5.32 Å². The van der Waals surface area contributed by atoms with E-state index in [2.05, 4.69) is 10.1 Å². The summed E-state index contributed by atoms with van der Waals surface area (Å²) >= 11 is 0. The lowest BCUT2D eigenvalue weighted by Gasteiger charge is -2.10. The highest BCUT2D eigenvalue weighted by atomic mass is 16.6. The number of aliphatic carboxylic acids is 1. The molecule has 0 rings (SSSR count). The van der Waals surface area contributed by atoms with Crippen LogP contribution in [0.5, 0.6) is 0 Å². The zero-order valence-electron chi connectivity index (χ0n) is 7.16. The van der Waals surface area contributed by atoms with Crippen molar-refractivity contribution in [3.8, 4) is 0 Å². The molecule has 5 heteroatoms. The van der Waals surface area contributed by atoms with Gasteiger partial charge in [-0.15, -0.1) is 0 Å². The zero-order valence-corrected chi connectivity index (χ0v) is 7.16. The predicted octanol–water partition coefficient (Wildman–Crippen LogP) is -0.388. The number of rotatable bonds is 4. The summed E-state index contributed by atoms with van der Waals surface area (Å²) in [5, 5.41) is 11.1. The maximum atomic E-state index is 10.5. The van der Waals surface area contributed by atoms with Gasteiger partial charge in [0.2, 0.25) is 0 Å². The number of esters is 1. The molecule has 0 heterocycles. The van der Waals surface area contributed by atoms with Crippen molar-refractivity contribution in [1.29, 1.82) is 0 Å². The molecule has 12 heavy (non-hydrogen) atoms. The molecule has 0 saturated heterocycles. The lowest BCUT2D eigenvalue weighted by atomic mass is 10.4. The van der Waals surface area contributed by atoms with E-state index in [1.165, 1.54) is 0 Å². The Morgan fingerprint density at radius 1 is 1.58 bits per heavy atom. The third-order valence-electron chi connectivity index (χ3n) is 1.16. The maximum absolute atomic E-state index is 10.5. The molecule has 0 saturated carbocycles. The first kappa shape index (κ1) is 10.9. The number of hydrogen-bond acceptors (Lipinski definition) is 4. The fourth-order valence-electron chi connectivity index (χ4n) is 0.622. The molecule has 0 aliphatic heterocycles. The quantitative estimate of drug-likeness (QED) is 0.449. The van der Waals surface area contributed by atoms with Crippen molar-refractivity contribution in [2.75, 3.05) is 13.1 Å². The molecule has 1 unspecified atom stereocenters. The van der Waals surface area contributed by atoms with Crippen molar-refractivity contribution in [3.05, 3.63) is 0 Å². The van der Waals surface area contributed by atoms with Crippen LogP contribution >= 0.6 is 0 Å². The number of carbonyl (C=O) groups excluding carboxylic acids is 1. The largest absolute Gasteiger partial charge is 0.473 e. The van der Waals surface area contributed by atoms with Gasteiger partial charge < -0.3 is 15.2 Å². The van der Waals surface area contributed by atoms with Crippen molar-refractivity contribution in [2.45, 2.75) is 20.0 Å². The fraction of sp³-hybridized carbons (Fsp3) is 0.714. The Morgan fingerprint density at radius 3 is 2.58 bits per heavy atom. The summed E-state index contributed by atoms with van der Waals surface area (Å²) in [6.45, 7) is 4.76. The van der Waals surface area contributed by atoms with Gasteiger partial charge in [-0.25, -0.2) is 9.59 Å². The highest BCUT2D eigenvalue weighted by molar-refractivity contribution is 6.28. The monoisotopic (exact) mass is 175 g/mol. The van der Waals surface area contributed by atoms with Crippen LogP contribution in [0.25, 0.3) is 0 Å². The van der Waals surface area contributed by atoms with E-state index in [1.54, 1.807) is 6.92 Å². The van der Waals surface area contributed by atoms with Gasteiger partial charge in [0.25, 0.3) is 0 Å². The fourth-order valence-corrected chi connectivity index (χ4v) is 0.622. The molecule has 0 aromatic carbocycles. The Balaban J connectivity index is 3.61. The van der Waals surface area contributed by atoms with E-state index in [4.69, 9.17) is 5.11 Å². The van der Waals surface area contributed by atoms with E-state index in [9.17, 15) is 9.59 Å². The van der Waals surface area contributed by atoms with Crippen molar-refractivity contribution < 1.29 is 19.4 Å². The van der Waals surface area contributed by atoms with Crippen LogP contribution in [0.3, 0.4) is 0 Å². The molecule has 0 bridgehead atoms. The molecule has 0 amide bonds. The SMILES string of the molecule is CCNCC(C)OC(=O)C(=O)O. The highest BCUT2D eigenvalue weighted by Crippen LogP contribution is 1.89. The predicted molar refractivity (Wildman–Crippen MR) is 41.7 cm³/mol. The van der Waals surface area contributed by atoms with Crippen LogP contribution in [0, 0.1) is 0 Å². The number of likely N-dealkylation sites (N-methyl/N-ethyl adjacent to an activating group) is 1. The second-order valence-corrected chi connectivity index (χ2v) is 2.33. The molecule has 0 aromatic heterocycles. The third kappa shape index (κ3) is 4.68. The maximum Gasteiger partial charge on any atom is 0.417 e. The minimum Gasteiger partial charge on any atom is -0.473 e. The summed E-state index contributed by atoms with van der Waals surface area (Å²) in [6, 6.07) is 0. The van der Waals surface area contributed by atoms with Crippen molar-refractivity contribution in [3.63, 3.8) is 0 Å². The van der Waals surface area contributed by atoms with Crippen LogP contribution in [-0.2, 0) is 14.3 Å². The summed E-state index contributed by atoms with van der Waals surface area (Å²) in [6.07, 6.45) is -0.409. The summed E-state index contributed by atoms with van der Waals surface area (Å²) in [5.74, 6) is -2.77. The van der Waals surface area contributed by atoms with E-state index in [1.807, 2.05) is 6.92 Å². The average molecular weight is 175 g/mol. The molecule has 0 fully saturated rings. The highest BCUT2D eigenvalue weighted by Gasteiger charge is 2.15. The van der Waals surface area contributed by atoms with Crippen molar-refractivity contribution >= 4 is 11.9 Å². The summed E-state index contributed by atoms with van der Waals surface area (Å²) < 4.78 is 4.51.